The number of carbonyl (C=O) groups excluding carboxylic acids is 1. The smallest absolute Gasteiger partial charge is 0.271 e. The van der Waals surface area contributed by atoms with Crippen LogP contribution in [-0.4, -0.2) is 36.2 Å². The molecular weight excluding hydrogens is 228 g/mol. The second kappa shape index (κ2) is 5.86. The van der Waals surface area contributed by atoms with Crippen molar-refractivity contribution < 1.29 is 4.79 Å². The van der Waals surface area contributed by atoms with Crippen LogP contribution in [0.2, 0.25) is 0 Å². The Morgan fingerprint density at radius 3 is 3.06 bits per heavy atom. The van der Waals surface area contributed by atoms with E-state index < -0.39 is 0 Å². The van der Waals surface area contributed by atoms with E-state index in [0.29, 0.717) is 11.6 Å². The van der Waals surface area contributed by atoms with Crippen molar-refractivity contribution in [3.8, 4) is 0 Å². The van der Waals surface area contributed by atoms with Gasteiger partial charge in [-0.15, -0.1) is 12.4 Å². The topological polar surface area (TPSA) is 69.8 Å². The lowest BCUT2D eigenvalue weighted by molar-refractivity contribution is 0.0958. The summed E-state index contributed by atoms with van der Waals surface area (Å²) in [5.74, 6) is 0.325. The maximum absolute atomic E-state index is 11.3. The number of amides is 1. The number of hydrogen-bond acceptors (Lipinski definition) is 3. The second-order valence-electron chi connectivity index (χ2n) is 3.83. The van der Waals surface area contributed by atoms with Crippen molar-refractivity contribution >= 4 is 18.3 Å². The zero-order valence-electron chi connectivity index (χ0n) is 9.25. The first-order chi connectivity index (χ1) is 7.31. The first-order valence-corrected chi connectivity index (χ1v) is 5.29. The van der Waals surface area contributed by atoms with Gasteiger partial charge in [0.05, 0.1) is 0 Å². The molecule has 1 atom stereocenters. The van der Waals surface area contributed by atoms with Crippen molar-refractivity contribution in [3.05, 3.63) is 17.5 Å². The molecule has 1 aromatic heterocycles. The van der Waals surface area contributed by atoms with Crippen LogP contribution in [0.4, 0.5) is 0 Å². The van der Waals surface area contributed by atoms with Gasteiger partial charge in [0.2, 0.25) is 0 Å². The number of nitrogens with zero attached hydrogens (tertiary/aromatic N) is 1. The number of rotatable bonds is 2. The molecule has 5 nitrogen and oxygen atoms in total. The molecule has 16 heavy (non-hydrogen) atoms. The minimum absolute atomic E-state index is 0. The van der Waals surface area contributed by atoms with Gasteiger partial charge in [0.25, 0.3) is 5.91 Å². The molecule has 1 fully saturated rings. The number of aromatic nitrogens is 2. The van der Waals surface area contributed by atoms with Gasteiger partial charge in [0.1, 0.15) is 5.69 Å². The maximum atomic E-state index is 11.3. The van der Waals surface area contributed by atoms with Crippen LogP contribution in [0.3, 0.4) is 0 Å². The van der Waals surface area contributed by atoms with Crippen LogP contribution < -0.4 is 10.6 Å². The number of hydrogen-bond donors (Lipinski definition) is 3. The van der Waals surface area contributed by atoms with Gasteiger partial charge in [-0.25, -0.2) is 0 Å². The van der Waals surface area contributed by atoms with Crippen LogP contribution in [0.15, 0.2) is 6.07 Å². The van der Waals surface area contributed by atoms with Crippen molar-refractivity contribution in [2.45, 2.75) is 18.8 Å². The van der Waals surface area contributed by atoms with E-state index in [0.717, 1.165) is 25.2 Å². The fraction of sp³-hybridized carbons (Fsp3) is 0.600. The molecule has 0 radical (unpaired) electrons. The molecule has 0 bridgehead atoms. The summed E-state index contributed by atoms with van der Waals surface area (Å²) >= 11 is 0. The molecule has 0 aromatic carbocycles. The summed E-state index contributed by atoms with van der Waals surface area (Å²) in [7, 11) is 1.61. The monoisotopic (exact) mass is 244 g/mol. The van der Waals surface area contributed by atoms with Crippen molar-refractivity contribution in [1.82, 2.24) is 20.8 Å². The van der Waals surface area contributed by atoms with Crippen molar-refractivity contribution in [2.75, 3.05) is 20.1 Å². The van der Waals surface area contributed by atoms with Crippen molar-refractivity contribution in [3.63, 3.8) is 0 Å². The molecule has 90 valence electrons. The zero-order valence-corrected chi connectivity index (χ0v) is 10.1. The first-order valence-electron chi connectivity index (χ1n) is 5.29. The Kier molecular flexibility index (Phi) is 4.76. The summed E-state index contributed by atoms with van der Waals surface area (Å²) in [5.41, 5.74) is 1.53. The molecule has 1 aromatic rings. The highest BCUT2D eigenvalue weighted by molar-refractivity contribution is 5.92. The molecule has 6 heteroatoms. The van der Waals surface area contributed by atoms with Crippen molar-refractivity contribution in [2.24, 2.45) is 0 Å². The number of halogens is 1. The predicted molar refractivity (Wildman–Crippen MR) is 64.1 cm³/mol. The maximum Gasteiger partial charge on any atom is 0.271 e. The Balaban J connectivity index is 0.00000128. The molecule has 2 heterocycles. The van der Waals surface area contributed by atoms with E-state index in [9.17, 15) is 4.79 Å². The van der Waals surface area contributed by atoms with Gasteiger partial charge < -0.3 is 10.6 Å². The molecule has 1 unspecified atom stereocenters. The fourth-order valence-electron chi connectivity index (χ4n) is 1.91. The Hall–Kier alpha value is -1.07. The molecule has 3 N–H and O–H groups in total. The highest BCUT2D eigenvalue weighted by atomic mass is 35.5. The largest absolute Gasteiger partial charge is 0.354 e. The third-order valence-corrected chi connectivity index (χ3v) is 2.79. The molecule has 1 amide bonds. The van der Waals surface area contributed by atoms with Crippen LogP contribution >= 0.6 is 12.4 Å². The SMILES string of the molecule is CNC(=O)c1cc(C2CCCNC2)[nH]n1.Cl. The number of aromatic amines is 1. The standard InChI is InChI=1S/C10H16N4O.ClH/c1-11-10(15)9-5-8(13-14-9)7-3-2-4-12-6-7;/h5,7,12H,2-4,6H2,1H3,(H,11,15)(H,13,14);1H. The first kappa shape index (κ1) is 13.0. The quantitative estimate of drug-likeness (QED) is 0.716. The number of nitrogens with one attached hydrogen (secondary N) is 3. The normalized spacial score (nSPS) is 19.9. The molecule has 1 aliphatic heterocycles. The van der Waals surface area contributed by atoms with Gasteiger partial charge >= 0.3 is 0 Å². The second-order valence-corrected chi connectivity index (χ2v) is 3.83. The van der Waals surface area contributed by atoms with E-state index in [2.05, 4.69) is 20.8 Å². The van der Waals surface area contributed by atoms with Crippen LogP contribution in [0, 0.1) is 0 Å². The highest BCUT2D eigenvalue weighted by Crippen LogP contribution is 2.21. The highest BCUT2D eigenvalue weighted by Gasteiger charge is 2.18. The minimum atomic E-state index is -0.138. The average Bonchev–Trinajstić information content (AvgIpc) is 2.78. The third kappa shape index (κ3) is 2.74. The number of H-pyrrole nitrogens is 1. The molecule has 1 aliphatic rings. The lowest BCUT2D eigenvalue weighted by Crippen LogP contribution is -2.28. The van der Waals surface area contributed by atoms with Crippen molar-refractivity contribution in [1.29, 1.82) is 0 Å². The summed E-state index contributed by atoms with van der Waals surface area (Å²) in [5, 5.41) is 12.8. The van der Waals surface area contributed by atoms with E-state index in [1.165, 1.54) is 6.42 Å². The molecule has 2 rings (SSSR count). The zero-order chi connectivity index (χ0) is 10.7. The van der Waals surface area contributed by atoms with E-state index in [4.69, 9.17) is 0 Å². The summed E-state index contributed by atoms with van der Waals surface area (Å²) in [4.78, 5) is 11.3. The van der Waals surface area contributed by atoms with Gasteiger partial charge in [-0.3, -0.25) is 9.89 Å². The molecule has 0 aliphatic carbocycles. The van der Waals surface area contributed by atoms with E-state index >= 15 is 0 Å². The van der Waals surface area contributed by atoms with Crippen LogP contribution in [0.5, 0.6) is 0 Å². The average molecular weight is 245 g/mol. The fourth-order valence-corrected chi connectivity index (χ4v) is 1.91. The van der Waals surface area contributed by atoms with Crippen LogP contribution in [-0.2, 0) is 0 Å². The molecule has 0 spiro atoms. The Morgan fingerprint density at radius 2 is 2.44 bits per heavy atom. The van der Waals surface area contributed by atoms with E-state index in [-0.39, 0.29) is 18.3 Å². The lowest BCUT2D eigenvalue weighted by atomic mass is 9.96. The summed E-state index contributed by atoms with van der Waals surface area (Å²) in [6, 6.07) is 1.84. The predicted octanol–water partition coefficient (Wildman–Crippen LogP) is 0.658. The van der Waals surface area contributed by atoms with E-state index in [1.54, 1.807) is 7.05 Å². The van der Waals surface area contributed by atoms with Crippen LogP contribution in [0.1, 0.15) is 34.9 Å². The van der Waals surface area contributed by atoms with Gasteiger partial charge in [-0.2, -0.15) is 5.10 Å². The summed E-state index contributed by atoms with van der Waals surface area (Å²) in [6.45, 7) is 2.06. The Morgan fingerprint density at radius 1 is 1.62 bits per heavy atom. The van der Waals surface area contributed by atoms with Gasteiger partial charge in [-0.05, 0) is 25.5 Å². The Bertz CT molecular complexity index is 346. The Labute approximate surface area is 101 Å². The van der Waals surface area contributed by atoms with E-state index in [1.807, 2.05) is 6.07 Å². The molecule has 1 saturated heterocycles. The molecular formula is C10H17ClN4O. The van der Waals surface area contributed by atoms with Crippen LogP contribution in [0.25, 0.3) is 0 Å². The minimum Gasteiger partial charge on any atom is -0.354 e. The van der Waals surface area contributed by atoms with Gasteiger partial charge in [-0.1, -0.05) is 0 Å². The summed E-state index contributed by atoms with van der Waals surface area (Å²) in [6.07, 6.45) is 2.33. The lowest BCUT2D eigenvalue weighted by Gasteiger charge is -2.21. The number of carbonyl (C=O) groups is 1. The summed E-state index contributed by atoms with van der Waals surface area (Å²) < 4.78 is 0. The molecule has 0 saturated carbocycles. The van der Waals surface area contributed by atoms with Gasteiger partial charge in [0.15, 0.2) is 0 Å². The number of piperidine rings is 1. The van der Waals surface area contributed by atoms with Gasteiger partial charge in [0, 0.05) is 25.2 Å². The third-order valence-electron chi connectivity index (χ3n) is 2.79.